The summed E-state index contributed by atoms with van der Waals surface area (Å²) in [7, 11) is 0. The van der Waals surface area contributed by atoms with Gasteiger partial charge in [-0.2, -0.15) is 9.94 Å². The summed E-state index contributed by atoms with van der Waals surface area (Å²) >= 11 is 5.67. The number of hydrogen-bond donors (Lipinski definition) is 2. The molecule has 0 fully saturated rings. The minimum atomic E-state index is 0.220. The number of nitrogens with zero attached hydrogens (tertiary/aromatic N) is 5. The second kappa shape index (κ2) is 5.54. The Bertz CT molecular complexity index is 611. The molecule has 2 rings (SSSR count). The van der Waals surface area contributed by atoms with Crippen molar-refractivity contribution in [1.82, 2.24) is 20.0 Å². The van der Waals surface area contributed by atoms with Gasteiger partial charge in [-0.15, -0.1) is 15.3 Å². The molecule has 8 heteroatoms. The Hall–Kier alpha value is -2.33. The van der Waals surface area contributed by atoms with Gasteiger partial charge in [-0.25, -0.2) is 0 Å². The highest BCUT2D eigenvalue weighted by Gasteiger charge is 2.17. The van der Waals surface area contributed by atoms with E-state index in [-0.39, 0.29) is 11.0 Å². The van der Waals surface area contributed by atoms with Gasteiger partial charge in [0, 0.05) is 6.54 Å². The van der Waals surface area contributed by atoms with Crippen LogP contribution in [0.3, 0.4) is 0 Å². The Morgan fingerprint density at radius 1 is 1.47 bits per heavy atom. The molecule has 0 bridgehead atoms. The summed E-state index contributed by atoms with van der Waals surface area (Å²) in [6, 6.07) is 5.24. The summed E-state index contributed by atoms with van der Waals surface area (Å²) in [5.41, 5.74) is 6.19. The first-order valence-corrected chi connectivity index (χ1v) is 6.07. The summed E-state index contributed by atoms with van der Waals surface area (Å²) in [6.45, 7) is 2.72. The topological polar surface area (TPSA) is 105 Å². The molecule has 0 amide bonds. The third-order valence-corrected chi connectivity index (χ3v) is 2.61. The van der Waals surface area contributed by atoms with E-state index in [1.807, 2.05) is 13.0 Å². The van der Waals surface area contributed by atoms with Crippen LogP contribution in [0.5, 0.6) is 0 Å². The maximum atomic E-state index is 9.12. The maximum Gasteiger partial charge on any atom is 0.178 e. The average molecular weight is 278 g/mol. The van der Waals surface area contributed by atoms with Crippen LogP contribution in [0.2, 0.25) is 5.15 Å². The molecule has 0 radical (unpaired) electrons. The van der Waals surface area contributed by atoms with Crippen molar-refractivity contribution in [3.8, 4) is 11.9 Å². The van der Waals surface area contributed by atoms with Gasteiger partial charge >= 0.3 is 0 Å². The fourth-order valence-corrected chi connectivity index (χ4v) is 1.61. The first kappa shape index (κ1) is 13.1. The number of hydrogen-bond acceptors (Lipinski definition) is 6. The average Bonchev–Trinajstić information content (AvgIpc) is 2.73. The third kappa shape index (κ3) is 2.58. The number of rotatable bonds is 4. The van der Waals surface area contributed by atoms with Gasteiger partial charge in [-0.3, -0.25) is 0 Å². The normalized spacial score (nSPS) is 10.2. The maximum absolute atomic E-state index is 9.12. The molecule has 0 atom stereocenters. The van der Waals surface area contributed by atoms with E-state index in [0.717, 1.165) is 6.42 Å². The van der Waals surface area contributed by atoms with Crippen LogP contribution < -0.4 is 11.1 Å². The standard InChI is InChI=1S/C11H12ClN7/c1-2-5-15-11-7(6-13)10(14)19(18-11)9-4-3-8(12)16-17-9/h3-4H,2,5,14H2,1H3,(H,15,18). The number of nitrogen functional groups attached to an aromatic ring is 1. The van der Waals surface area contributed by atoms with Gasteiger partial charge in [0.05, 0.1) is 0 Å². The van der Waals surface area contributed by atoms with Crippen molar-refractivity contribution in [1.29, 1.82) is 5.26 Å². The molecule has 0 saturated heterocycles. The molecule has 2 heterocycles. The molecule has 19 heavy (non-hydrogen) atoms. The van der Waals surface area contributed by atoms with Gasteiger partial charge in [-0.1, -0.05) is 18.5 Å². The summed E-state index contributed by atoms with van der Waals surface area (Å²) in [5, 5.41) is 24.3. The number of aromatic nitrogens is 4. The number of halogens is 1. The predicted octanol–water partition coefficient (Wildman–Crippen LogP) is 1.59. The third-order valence-electron chi connectivity index (χ3n) is 2.41. The fraction of sp³-hybridized carbons (Fsp3) is 0.273. The molecule has 0 unspecified atom stereocenters. The molecule has 2 aromatic heterocycles. The van der Waals surface area contributed by atoms with Gasteiger partial charge in [0.1, 0.15) is 17.5 Å². The van der Waals surface area contributed by atoms with Crippen LogP contribution in [-0.4, -0.2) is 26.5 Å². The number of nitrogens with one attached hydrogen (secondary N) is 1. The van der Waals surface area contributed by atoms with E-state index in [2.05, 4.69) is 20.6 Å². The minimum Gasteiger partial charge on any atom is -0.382 e. The van der Waals surface area contributed by atoms with E-state index >= 15 is 0 Å². The molecule has 2 aromatic rings. The summed E-state index contributed by atoms with van der Waals surface area (Å²) < 4.78 is 1.36. The first-order chi connectivity index (χ1) is 9.17. The van der Waals surface area contributed by atoms with Crippen LogP contribution in [0.4, 0.5) is 11.6 Å². The van der Waals surface area contributed by atoms with Crippen molar-refractivity contribution >= 4 is 23.2 Å². The molecule has 0 aliphatic rings. The van der Waals surface area contributed by atoms with E-state index in [1.54, 1.807) is 12.1 Å². The van der Waals surface area contributed by atoms with Gasteiger partial charge in [0.15, 0.2) is 16.8 Å². The fourth-order valence-electron chi connectivity index (χ4n) is 1.51. The second-order valence-electron chi connectivity index (χ2n) is 3.77. The first-order valence-electron chi connectivity index (χ1n) is 5.69. The van der Waals surface area contributed by atoms with E-state index in [9.17, 15) is 0 Å². The predicted molar refractivity (Wildman–Crippen MR) is 72.1 cm³/mol. The monoisotopic (exact) mass is 277 g/mol. The van der Waals surface area contributed by atoms with Gasteiger partial charge in [-0.05, 0) is 18.6 Å². The molecular weight excluding hydrogens is 266 g/mol. The lowest BCUT2D eigenvalue weighted by Gasteiger charge is -2.01. The van der Waals surface area contributed by atoms with Crippen molar-refractivity contribution in [3.05, 3.63) is 22.8 Å². The molecule has 3 N–H and O–H groups in total. The van der Waals surface area contributed by atoms with Gasteiger partial charge < -0.3 is 11.1 Å². The van der Waals surface area contributed by atoms with Gasteiger partial charge in [0.2, 0.25) is 0 Å². The summed E-state index contributed by atoms with van der Waals surface area (Å²) in [6.07, 6.45) is 0.915. The van der Waals surface area contributed by atoms with Crippen LogP contribution in [0.1, 0.15) is 18.9 Å². The highest BCUT2D eigenvalue weighted by Crippen LogP contribution is 2.23. The van der Waals surface area contributed by atoms with Crippen LogP contribution in [0.25, 0.3) is 5.82 Å². The SMILES string of the molecule is CCCNc1nn(-c2ccc(Cl)nn2)c(N)c1C#N. The van der Waals surface area contributed by atoms with Crippen molar-refractivity contribution < 1.29 is 0 Å². The van der Waals surface area contributed by atoms with Crippen LogP contribution >= 0.6 is 11.6 Å². The van der Waals surface area contributed by atoms with E-state index < -0.39 is 0 Å². The zero-order valence-corrected chi connectivity index (χ0v) is 11.0. The smallest absolute Gasteiger partial charge is 0.178 e. The summed E-state index contributed by atoms with van der Waals surface area (Å²) in [4.78, 5) is 0. The van der Waals surface area contributed by atoms with Crippen molar-refractivity contribution in [3.63, 3.8) is 0 Å². The van der Waals surface area contributed by atoms with Crippen LogP contribution in [0.15, 0.2) is 12.1 Å². The van der Waals surface area contributed by atoms with Crippen LogP contribution in [0, 0.1) is 11.3 Å². The Labute approximate surface area is 115 Å². The summed E-state index contributed by atoms with van der Waals surface area (Å²) in [5.74, 6) is 1.07. The zero-order valence-electron chi connectivity index (χ0n) is 10.3. The Morgan fingerprint density at radius 3 is 2.84 bits per heavy atom. The van der Waals surface area contributed by atoms with Crippen molar-refractivity contribution in [2.24, 2.45) is 0 Å². The molecule has 98 valence electrons. The van der Waals surface area contributed by atoms with E-state index in [1.165, 1.54) is 4.68 Å². The molecule has 0 saturated carbocycles. The molecule has 0 aliphatic carbocycles. The van der Waals surface area contributed by atoms with Gasteiger partial charge in [0.25, 0.3) is 0 Å². The number of anilines is 2. The zero-order chi connectivity index (χ0) is 13.8. The molecular formula is C11H12ClN7. The molecule has 0 aromatic carbocycles. The van der Waals surface area contributed by atoms with E-state index in [0.29, 0.717) is 23.7 Å². The lowest BCUT2D eigenvalue weighted by atomic mass is 10.3. The number of nitriles is 1. The number of nitrogens with two attached hydrogens (primary N) is 1. The lowest BCUT2D eigenvalue weighted by Crippen LogP contribution is -2.06. The largest absolute Gasteiger partial charge is 0.382 e. The molecule has 7 nitrogen and oxygen atoms in total. The highest BCUT2D eigenvalue weighted by atomic mass is 35.5. The Balaban J connectivity index is 2.44. The second-order valence-corrected chi connectivity index (χ2v) is 4.16. The molecule has 0 spiro atoms. The lowest BCUT2D eigenvalue weighted by molar-refractivity contribution is 0.820. The van der Waals surface area contributed by atoms with Crippen LogP contribution in [-0.2, 0) is 0 Å². The Kier molecular flexibility index (Phi) is 3.82. The van der Waals surface area contributed by atoms with Crippen molar-refractivity contribution in [2.45, 2.75) is 13.3 Å². The quantitative estimate of drug-likeness (QED) is 0.879. The van der Waals surface area contributed by atoms with E-state index in [4.69, 9.17) is 22.6 Å². The van der Waals surface area contributed by atoms with Crippen molar-refractivity contribution in [2.75, 3.05) is 17.6 Å². The highest BCUT2D eigenvalue weighted by molar-refractivity contribution is 6.29. The minimum absolute atomic E-state index is 0.220. The Morgan fingerprint density at radius 2 is 2.26 bits per heavy atom. The molecule has 0 aliphatic heterocycles.